The van der Waals surface area contributed by atoms with Crippen molar-refractivity contribution in [2.24, 2.45) is 5.73 Å². The Morgan fingerprint density at radius 3 is 2.77 bits per heavy atom. The number of aromatic nitrogens is 1. The number of hydrogen-bond donors (Lipinski definition) is 1. The van der Waals surface area contributed by atoms with Gasteiger partial charge in [0.1, 0.15) is 0 Å². The highest BCUT2D eigenvalue weighted by Gasteiger charge is 2.04. The molecular formula is C10H16N2O. The summed E-state index contributed by atoms with van der Waals surface area (Å²) in [7, 11) is 0. The molecule has 0 aromatic carbocycles. The number of nitrogens with zero attached hydrogens (tertiary/aromatic N) is 1. The first kappa shape index (κ1) is 9.99. The van der Waals surface area contributed by atoms with Gasteiger partial charge in [-0.3, -0.25) is 0 Å². The van der Waals surface area contributed by atoms with Crippen LogP contribution in [0.2, 0.25) is 0 Å². The summed E-state index contributed by atoms with van der Waals surface area (Å²) < 4.78 is 5.32. The Bertz CT molecular complexity index is 284. The Labute approximate surface area is 78.9 Å². The Balaban J connectivity index is 2.92. The number of nitrogens with two attached hydrogens (primary N) is 1. The van der Waals surface area contributed by atoms with Crippen molar-refractivity contribution in [3.63, 3.8) is 0 Å². The van der Waals surface area contributed by atoms with E-state index < -0.39 is 0 Å². The van der Waals surface area contributed by atoms with E-state index in [1.54, 1.807) is 6.20 Å². The summed E-state index contributed by atoms with van der Waals surface area (Å²) in [6, 6.07) is 2.05. The lowest BCUT2D eigenvalue weighted by molar-refractivity contribution is 0.324. The summed E-state index contributed by atoms with van der Waals surface area (Å²) in [4.78, 5) is 4.19. The Morgan fingerprint density at radius 2 is 2.31 bits per heavy atom. The molecule has 0 aliphatic rings. The first-order valence-corrected chi connectivity index (χ1v) is 4.50. The monoisotopic (exact) mass is 180 g/mol. The summed E-state index contributed by atoms with van der Waals surface area (Å²) in [6.07, 6.45) is 1.77. The zero-order valence-electron chi connectivity index (χ0n) is 8.37. The molecule has 1 heterocycles. The molecule has 2 N–H and O–H groups in total. The highest BCUT2D eigenvalue weighted by atomic mass is 16.5. The van der Waals surface area contributed by atoms with E-state index in [1.807, 2.05) is 26.8 Å². The average molecular weight is 180 g/mol. The van der Waals surface area contributed by atoms with E-state index >= 15 is 0 Å². The number of ether oxygens (including phenoxy) is 1. The van der Waals surface area contributed by atoms with Gasteiger partial charge in [-0.15, -0.1) is 0 Å². The minimum Gasteiger partial charge on any atom is -0.478 e. The summed E-state index contributed by atoms with van der Waals surface area (Å²) in [5.41, 5.74) is 7.81. The van der Waals surface area contributed by atoms with Crippen LogP contribution in [0.25, 0.3) is 0 Å². The lowest BCUT2D eigenvalue weighted by Crippen LogP contribution is -2.06. The Kier molecular flexibility index (Phi) is 3.25. The molecule has 1 aromatic heterocycles. The van der Waals surface area contributed by atoms with E-state index in [2.05, 4.69) is 4.98 Å². The summed E-state index contributed by atoms with van der Waals surface area (Å²) >= 11 is 0. The Morgan fingerprint density at radius 1 is 1.62 bits per heavy atom. The van der Waals surface area contributed by atoms with Crippen LogP contribution < -0.4 is 10.5 Å². The van der Waals surface area contributed by atoms with Gasteiger partial charge >= 0.3 is 0 Å². The molecule has 0 spiro atoms. The SMILES string of the molecule is CCOc1ncc([C@H](C)N)cc1C. The third-order valence-corrected chi connectivity index (χ3v) is 1.86. The van der Waals surface area contributed by atoms with Crippen LogP contribution >= 0.6 is 0 Å². The Hall–Kier alpha value is -1.09. The van der Waals surface area contributed by atoms with Crippen LogP contribution in [0.4, 0.5) is 0 Å². The highest BCUT2D eigenvalue weighted by molar-refractivity contribution is 5.29. The first-order chi connectivity index (χ1) is 6.15. The van der Waals surface area contributed by atoms with E-state index in [0.29, 0.717) is 12.5 Å². The molecule has 3 nitrogen and oxygen atoms in total. The van der Waals surface area contributed by atoms with Gasteiger partial charge in [-0.2, -0.15) is 0 Å². The molecule has 0 aliphatic carbocycles. The van der Waals surface area contributed by atoms with Gasteiger partial charge in [0, 0.05) is 17.8 Å². The maximum absolute atomic E-state index is 5.73. The van der Waals surface area contributed by atoms with Gasteiger partial charge in [-0.05, 0) is 32.4 Å². The summed E-state index contributed by atoms with van der Waals surface area (Å²) in [6.45, 7) is 6.51. The van der Waals surface area contributed by atoms with Crippen LogP contribution in [0.5, 0.6) is 5.88 Å². The average Bonchev–Trinajstić information content (AvgIpc) is 2.08. The molecule has 0 radical (unpaired) electrons. The molecule has 0 fully saturated rings. The van der Waals surface area contributed by atoms with Crippen molar-refractivity contribution in [1.82, 2.24) is 4.98 Å². The zero-order valence-corrected chi connectivity index (χ0v) is 8.37. The van der Waals surface area contributed by atoms with Crippen LogP contribution in [0.3, 0.4) is 0 Å². The second kappa shape index (κ2) is 4.23. The van der Waals surface area contributed by atoms with Crippen LogP contribution in [0.1, 0.15) is 31.0 Å². The highest BCUT2D eigenvalue weighted by Crippen LogP contribution is 2.18. The maximum atomic E-state index is 5.73. The number of aryl methyl sites for hydroxylation is 1. The predicted molar refractivity (Wildman–Crippen MR) is 52.7 cm³/mol. The normalized spacial score (nSPS) is 12.6. The molecule has 0 saturated heterocycles. The minimum atomic E-state index is 0.0295. The molecule has 1 aromatic rings. The molecule has 72 valence electrons. The van der Waals surface area contributed by atoms with E-state index in [4.69, 9.17) is 10.5 Å². The molecule has 1 rings (SSSR count). The zero-order chi connectivity index (χ0) is 9.84. The van der Waals surface area contributed by atoms with Gasteiger partial charge in [-0.25, -0.2) is 4.98 Å². The lowest BCUT2D eigenvalue weighted by Gasteiger charge is -2.09. The van der Waals surface area contributed by atoms with Crippen molar-refractivity contribution in [3.05, 3.63) is 23.4 Å². The van der Waals surface area contributed by atoms with Crippen molar-refractivity contribution in [2.45, 2.75) is 26.8 Å². The smallest absolute Gasteiger partial charge is 0.216 e. The number of pyridine rings is 1. The topological polar surface area (TPSA) is 48.1 Å². The lowest BCUT2D eigenvalue weighted by atomic mass is 10.1. The van der Waals surface area contributed by atoms with Gasteiger partial charge < -0.3 is 10.5 Å². The van der Waals surface area contributed by atoms with Gasteiger partial charge in [0.05, 0.1) is 6.61 Å². The van der Waals surface area contributed by atoms with E-state index in [-0.39, 0.29) is 6.04 Å². The van der Waals surface area contributed by atoms with Crippen LogP contribution in [-0.2, 0) is 0 Å². The van der Waals surface area contributed by atoms with Crippen LogP contribution in [-0.4, -0.2) is 11.6 Å². The molecule has 0 saturated carbocycles. The fraction of sp³-hybridized carbons (Fsp3) is 0.500. The molecular weight excluding hydrogens is 164 g/mol. The number of hydrogen-bond acceptors (Lipinski definition) is 3. The van der Waals surface area contributed by atoms with Gasteiger partial charge in [0.15, 0.2) is 0 Å². The van der Waals surface area contributed by atoms with Gasteiger partial charge in [0.25, 0.3) is 0 Å². The van der Waals surface area contributed by atoms with Crippen LogP contribution in [0.15, 0.2) is 12.3 Å². The third-order valence-electron chi connectivity index (χ3n) is 1.86. The van der Waals surface area contributed by atoms with E-state index in [9.17, 15) is 0 Å². The number of rotatable bonds is 3. The second-order valence-corrected chi connectivity index (χ2v) is 3.11. The van der Waals surface area contributed by atoms with Gasteiger partial charge in [0.2, 0.25) is 5.88 Å². The third kappa shape index (κ3) is 2.42. The molecule has 0 bridgehead atoms. The van der Waals surface area contributed by atoms with Crippen molar-refractivity contribution < 1.29 is 4.74 Å². The molecule has 13 heavy (non-hydrogen) atoms. The fourth-order valence-corrected chi connectivity index (χ4v) is 1.12. The quantitative estimate of drug-likeness (QED) is 0.771. The van der Waals surface area contributed by atoms with E-state index in [1.165, 1.54) is 0 Å². The van der Waals surface area contributed by atoms with Crippen molar-refractivity contribution in [2.75, 3.05) is 6.61 Å². The molecule has 0 unspecified atom stereocenters. The maximum Gasteiger partial charge on any atom is 0.216 e. The van der Waals surface area contributed by atoms with Crippen molar-refractivity contribution >= 4 is 0 Å². The molecule has 1 atom stereocenters. The van der Waals surface area contributed by atoms with E-state index in [0.717, 1.165) is 11.1 Å². The minimum absolute atomic E-state index is 0.0295. The first-order valence-electron chi connectivity index (χ1n) is 4.50. The fourth-order valence-electron chi connectivity index (χ4n) is 1.12. The molecule has 3 heteroatoms. The summed E-state index contributed by atoms with van der Waals surface area (Å²) in [5.74, 6) is 0.701. The predicted octanol–water partition coefficient (Wildman–Crippen LogP) is 1.81. The van der Waals surface area contributed by atoms with Crippen LogP contribution in [0, 0.1) is 6.92 Å². The largest absolute Gasteiger partial charge is 0.478 e. The van der Waals surface area contributed by atoms with Crippen molar-refractivity contribution in [1.29, 1.82) is 0 Å². The second-order valence-electron chi connectivity index (χ2n) is 3.11. The van der Waals surface area contributed by atoms with Gasteiger partial charge in [-0.1, -0.05) is 0 Å². The molecule has 0 amide bonds. The standard InChI is InChI=1S/C10H16N2O/c1-4-13-10-7(2)5-9(6-12-10)8(3)11/h5-6,8H,4,11H2,1-3H3/t8-/m0/s1. The molecule has 0 aliphatic heterocycles. The summed E-state index contributed by atoms with van der Waals surface area (Å²) in [5, 5.41) is 0. The van der Waals surface area contributed by atoms with Crippen molar-refractivity contribution in [3.8, 4) is 5.88 Å².